The second-order valence-electron chi connectivity index (χ2n) is 4.85. The van der Waals surface area contributed by atoms with E-state index in [0.29, 0.717) is 24.0 Å². The van der Waals surface area contributed by atoms with E-state index in [9.17, 15) is 9.59 Å². The Morgan fingerprint density at radius 2 is 2.33 bits per heavy atom. The summed E-state index contributed by atoms with van der Waals surface area (Å²) in [7, 11) is 0. The van der Waals surface area contributed by atoms with Gasteiger partial charge < -0.3 is 9.30 Å². The summed E-state index contributed by atoms with van der Waals surface area (Å²) in [6.45, 7) is 3.14. The summed E-state index contributed by atoms with van der Waals surface area (Å²) in [5.41, 5.74) is -0.870. The Hall–Kier alpha value is -1.95. The van der Waals surface area contributed by atoms with E-state index in [2.05, 4.69) is 10.2 Å². The minimum absolute atomic E-state index is 0.188. The molecule has 18 heavy (non-hydrogen) atoms. The zero-order valence-corrected chi connectivity index (χ0v) is 9.97. The fourth-order valence-electron chi connectivity index (χ4n) is 2.34. The maximum Gasteiger partial charge on any atom is 0.272 e. The molecule has 3 rings (SSSR count). The molecule has 94 valence electrons. The van der Waals surface area contributed by atoms with Gasteiger partial charge in [-0.05, 0) is 13.3 Å². The summed E-state index contributed by atoms with van der Waals surface area (Å²) >= 11 is 0. The number of nitrogens with one attached hydrogen (secondary N) is 1. The molecule has 1 atom stereocenters. The molecule has 0 spiro atoms. The number of fused-ring (bicyclic) bond motifs is 1. The first-order valence-electron chi connectivity index (χ1n) is 5.78. The van der Waals surface area contributed by atoms with Gasteiger partial charge in [-0.15, -0.1) is 0 Å². The highest BCUT2D eigenvalue weighted by Crippen LogP contribution is 2.25. The van der Waals surface area contributed by atoms with Crippen LogP contribution in [0.5, 0.6) is 0 Å². The van der Waals surface area contributed by atoms with E-state index in [1.54, 1.807) is 17.0 Å². The lowest BCUT2D eigenvalue weighted by molar-refractivity contribution is 0.160. The van der Waals surface area contributed by atoms with E-state index in [1.165, 1.54) is 6.07 Å². The normalized spacial score (nSPS) is 23.6. The minimum atomic E-state index is -0.343. The van der Waals surface area contributed by atoms with Crippen LogP contribution in [0.15, 0.2) is 28.0 Å². The lowest BCUT2D eigenvalue weighted by Gasteiger charge is -2.25. The second-order valence-corrected chi connectivity index (χ2v) is 4.85. The van der Waals surface area contributed by atoms with Crippen molar-refractivity contribution in [2.45, 2.75) is 18.9 Å². The Morgan fingerprint density at radius 1 is 1.50 bits per heavy atom. The number of ether oxygens (including phenoxy) is 1. The van der Waals surface area contributed by atoms with Gasteiger partial charge in [-0.2, -0.15) is 5.10 Å². The predicted octanol–water partition coefficient (Wildman–Crippen LogP) is 0.220. The summed E-state index contributed by atoms with van der Waals surface area (Å²) in [6, 6.07) is 1.36. The summed E-state index contributed by atoms with van der Waals surface area (Å²) in [4.78, 5) is 23.7. The fourth-order valence-corrected chi connectivity index (χ4v) is 2.34. The van der Waals surface area contributed by atoms with Crippen LogP contribution in [0.1, 0.15) is 13.3 Å². The molecule has 2 aromatic rings. The van der Waals surface area contributed by atoms with E-state index in [-0.39, 0.29) is 16.7 Å². The number of hydrogen-bond acceptors (Lipinski definition) is 4. The highest BCUT2D eigenvalue weighted by Gasteiger charge is 2.32. The van der Waals surface area contributed by atoms with Gasteiger partial charge in [-0.1, -0.05) is 0 Å². The maximum atomic E-state index is 12.1. The van der Waals surface area contributed by atoms with Crippen LogP contribution in [0.4, 0.5) is 0 Å². The first-order valence-corrected chi connectivity index (χ1v) is 5.78. The van der Waals surface area contributed by atoms with Gasteiger partial charge in [0.05, 0.1) is 23.7 Å². The van der Waals surface area contributed by atoms with Crippen molar-refractivity contribution in [1.29, 1.82) is 0 Å². The fraction of sp³-hybridized carbons (Fsp3) is 0.417. The molecule has 6 nitrogen and oxygen atoms in total. The van der Waals surface area contributed by atoms with Crippen molar-refractivity contribution in [1.82, 2.24) is 14.8 Å². The van der Waals surface area contributed by atoms with E-state index >= 15 is 0 Å². The van der Waals surface area contributed by atoms with Crippen LogP contribution >= 0.6 is 0 Å². The van der Waals surface area contributed by atoms with Crippen molar-refractivity contribution < 1.29 is 4.74 Å². The molecule has 0 unspecified atom stereocenters. The Bertz CT molecular complexity index is 710. The van der Waals surface area contributed by atoms with E-state index < -0.39 is 0 Å². The number of H-pyrrole nitrogens is 1. The van der Waals surface area contributed by atoms with E-state index in [0.717, 1.165) is 6.42 Å². The SMILES string of the molecule is C[C@@]1(n2cc3cn[nH]c(=O)c3cc2=O)CCOC1. The molecule has 0 amide bonds. The molecule has 1 N–H and O–H groups in total. The molecule has 1 saturated heterocycles. The monoisotopic (exact) mass is 247 g/mol. The molecule has 6 heteroatoms. The lowest BCUT2D eigenvalue weighted by Crippen LogP contribution is -2.38. The Kier molecular flexibility index (Phi) is 2.34. The second kappa shape index (κ2) is 3.78. The third kappa shape index (κ3) is 1.57. The summed E-state index contributed by atoms with van der Waals surface area (Å²) in [5.74, 6) is 0. The van der Waals surface area contributed by atoms with E-state index in [1.807, 2.05) is 6.92 Å². The van der Waals surface area contributed by atoms with Crippen molar-refractivity contribution in [3.8, 4) is 0 Å². The van der Waals surface area contributed by atoms with Gasteiger partial charge in [0.2, 0.25) is 0 Å². The van der Waals surface area contributed by atoms with Gasteiger partial charge in [0.1, 0.15) is 0 Å². The molecule has 1 fully saturated rings. The van der Waals surface area contributed by atoms with Crippen molar-refractivity contribution in [3.05, 3.63) is 39.2 Å². The third-order valence-electron chi connectivity index (χ3n) is 3.48. The van der Waals surface area contributed by atoms with Crippen LogP contribution in [-0.2, 0) is 10.3 Å². The molecule has 0 aliphatic carbocycles. The van der Waals surface area contributed by atoms with Gasteiger partial charge in [-0.25, -0.2) is 5.10 Å². The van der Waals surface area contributed by atoms with E-state index in [4.69, 9.17) is 4.74 Å². The average molecular weight is 247 g/mol. The topological polar surface area (TPSA) is 77.0 Å². The third-order valence-corrected chi connectivity index (χ3v) is 3.48. The number of pyridine rings is 1. The zero-order chi connectivity index (χ0) is 12.8. The highest BCUT2D eigenvalue weighted by molar-refractivity contribution is 5.79. The molecule has 0 saturated carbocycles. The minimum Gasteiger partial charge on any atom is -0.379 e. The Balaban J connectivity index is 2.29. The average Bonchev–Trinajstić information content (AvgIpc) is 2.78. The van der Waals surface area contributed by atoms with Crippen LogP contribution < -0.4 is 11.1 Å². The van der Waals surface area contributed by atoms with Crippen LogP contribution in [0, 0.1) is 0 Å². The highest BCUT2D eigenvalue weighted by atomic mass is 16.5. The van der Waals surface area contributed by atoms with Gasteiger partial charge >= 0.3 is 0 Å². The lowest BCUT2D eigenvalue weighted by atomic mass is 10.0. The Labute approximate surface area is 102 Å². The van der Waals surface area contributed by atoms with Crippen LogP contribution in [0.25, 0.3) is 10.8 Å². The molecule has 3 heterocycles. The molecule has 0 bridgehead atoms. The van der Waals surface area contributed by atoms with Gasteiger partial charge in [0, 0.05) is 24.3 Å². The number of nitrogens with zero attached hydrogens (tertiary/aromatic N) is 2. The summed E-state index contributed by atoms with van der Waals surface area (Å²) in [5, 5.41) is 7.10. The molecule has 0 radical (unpaired) electrons. The summed E-state index contributed by atoms with van der Waals surface area (Å²) in [6.07, 6.45) is 4.02. The number of aromatic amines is 1. The van der Waals surface area contributed by atoms with Gasteiger partial charge in [0.15, 0.2) is 0 Å². The van der Waals surface area contributed by atoms with Crippen molar-refractivity contribution in [3.63, 3.8) is 0 Å². The van der Waals surface area contributed by atoms with Crippen molar-refractivity contribution >= 4 is 10.8 Å². The standard InChI is InChI=1S/C12H13N3O3/c1-12(2-3-18-7-12)15-6-8-5-13-14-11(17)9(8)4-10(15)16/h4-6H,2-3,7H2,1H3,(H,14,17)/t12-/m1/s1. The molecule has 2 aromatic heterocycles. The molecular weight excluding hydrogens is 234 g/mol. The molecule has 1 aliphatic rings. The van der Waals surface area contributed by atoms with Gasteiger partial charge in [0.25, 0.3) is 11.1 Å². The largest absolute Gasteiger partial charge is 0.379 e. The zero-order valence-electron chi connectivity index (χ0n) is 9.97. The quantitative estimate of drug-likeness (QED) is 0.782. The smallest absolute Gasteiger partial charge is 0.272 e. The molecule has 0 aromatic carbocycles. The molecular formula is C12H13N3O3. The van der Waals surface area contributed by atoms with Crippen molar-refractivity contribution in [2.24, 2.45) is 0 Å². The first-order chi connectivity index (χ1) is 8.60. The summed E-state index contributed by atoms with van der Waals surface area (Å²) < 4.78 is 7.00. The number of aromatic nitrogens is 3. The first kappa shape index (κ1) is 11.2. The van der Waals surface area contributed by atoms with Crippen LogP contribution in [-0.4, -0.2) is 28.0 Å². The maximum absolute atomic E-state index is 12.1. The predicted molar refractivity (Wildman–Crippen MR) is 65.7 cm³/mol. The van der Waals surface area contributed by atoms with Gasteiger partial charge in [-0.3, -0.25) is 9.59 Å². The van der Waals surface area contributed by atoms with Crippen LogP contribution in [0.2, 0.25) is 0 Å². The Morgan fingerprint density at radius 3 is 3.06 bits per heavy atom. The number of hydrogen-bond donors (Lipinski definition) is 1. The number of rotatable bonds is 1. The van der Waals surface area contributed by atoms with Crippen molar-refractivity contribution in [2.75, 3.05) is 13.2 Å². The van der Waals surface area contributed by atoms with Crippen LogP contribution in [0.3, 0.4) is 0 Å². The molecule has 1 aliphatic heterocycles.